The molecule has 0 aliphatic heterocycles. The molecule has 1 heterocycles. The first-order chi connectivity index (χ1) is 8.29. The molecular weight excluding hydrogens is 212 g/mol. The van der Waals surface area contributed by atoms with Crippen molar-refractivity contribution in [2.45, 2.75) is 51.9 Å². The van der Waals surface area contributed by atoms with Crippen molar-refractivity contribution >= 4 is 0 Å². The maximum absolute atomic E-state index is 5.98. The number of ether oxygens (including phenoxy) is 1. The lowest BCUT2D eigenvalue weighted by atomic mass is 9.88. The van der Waals surface area contributed by atoms with E-state index in [0.717, 1.165) is 11.4 Å². The van der Waals surface area contributed by atoms with E-state index in [0.29, 0.717) is 25.2 Å². The van der Waals surface area contributed by atoms with Gasteiger partial charge in [0.15, 0.2) is 0 Å². The first kappa shape index (κ1) is 12.5. The summed E-state index contributed by atoms with van der Waals surface area (Å²) >= 11 is 0. The maximum Gasteiger partial charge on any atom is 0.0891 e. The minimum absolute atomic E-state index is 0.409. The highest BCUT2D eigenvalue weighted by Gasteiger charge is 2.21. The number of nitrogens with zero attached hydrogens (tertiary/aromatic N) is 1. The molecule has 0 spiro atoms. The monoisotopic (exact) mass is 234 g/mol. The normalized spacial score (nSPS) is 24.8. The molecule has 0 bridgehead atoms. The molecule has 0 saturated heterocycles. The van der Waals surface area contributed by atoms with Gasteiger partial charge in [-0.05, 0) is 30.9 Å². The molecule has 0 radical (unpaired) electrons. The highest BCUT2D eigenvalue weighted by atomic mass is 16.5. The van der Waals surface area contributed by atoms with Gasteiger partial charge in [0.05, 0.1) is 24.1 Å². The van der Waals surface area contributed by atoms with Gasteiger partial charge in [-0.1, -0.05) is 25.8 Å². The summed E-state index contributed by atoms with van der Waals surface area (Å²) in [5.74, 6) is 0.682. The van der Waals surface area contributed by atoms with Crippen LogP contribution >= 0.6 is 0 Å². The molecule has 3 heteroatoms. The predicted molar refractivity (Wildman–Crippen MR) is 68.3 cm³/mol. The second kappa shape index (κ2) is 6.12. The van der Waals surface area contributed by atoms with E-state index in [2.05, 4.69) is 11.9 Å². The molecule has 0 amide bonds. The number of hydrogen-bond acceptors (Lipinski definition) is 3. The minimum atomic E-state index is 0.409. The average Bonchev–Trinajstić information content (AvgIpc) is 2.38. The number of nitrogens with two attached hydrogens (primary N) is 1. The highest BCUT2D eigenvalue weighted by molar-refractivity contribution is 5.10. The van der Waals surface area contributed by atoms with Crippen LogP contribution in [0.4, 0.5) is 0 Å². The average molecular weight is 234 g/mol. The summed E-state index contributed by atoms with van der Waals surface area (Å²) in [6.45, 7) is 3.39. The maximum atomic E-state index is 5.98. The molecular formula is C14H22N2O. The van der Waals surface area contributed by atoms with Gasteiger partial charge in [0, 0.05) is 6.54 Å². The Hall–Kier alpha value is -0.930. The van der Waals surface area contributed by atoms with Gasteiger partial charge in [-0.2, -0.15) is 0 Å². The summed E-state index contributed by atoms with van der Waals surface area (Å²) in [7, 11) is 0. The fraction of sp³-hybridized carbons (Fsp3) is 0.643. The zero-order valence-corrected chi connectivity index (χ0v) is 10.6. The molecule has 1 saturated carbocycles. The number of aromatic nitrogens is 1. The third kappa shape index (κ3) is 3.51. The lowest BCUT2D eigenvalue weighted by molar-refractivity contribution is -0.0168. The number of hydrogen-bond donors (Lipinski definition) is 1. The fourth-order valence-electron chi connectivity index (χ4n) is 2.45. The van der Waals surface area contributed by atoms with Crippen LogP contribution in [0.25, 0.3) is 0 Å². The lowest BCUT2D eigenvalue weighted by Gasteiger charge is -2.28. The zero-order chi connectivity index (χ0) is 12.1. The van der Waals surface area contributed by atoms with Crippen LogP contribution in [-0.4, -0.2) is 11.1 Å². The predicted octanol–water partition coefficient (Wildman–Crippen LogP) is 2.64. The molecule has 1 aromatic heterocycles. The van der Waals surface area contributed by atoms with Gasteiger partial charge < -0.3 is 10.5 Å². The summed E-state index contributed by atoms with van der Waals surface area (Å²) in [6.07, 6.45) is 5.54. The van der Waals surface area contributed by atoms with Crippen molar-refractivity contribution < 1.29 is 4.74 Å². The van der Waals surface area contributed by atoms with E-state index in [1.54, 1.807) is 0 Å². The van der Waals surface area contributed by atoms with Crippen molar-refractivity contribution in [2.24, 2.45) is 11.7 Å². The van der Waals surface area contributed by atoms with Crippen LogP contribution in [0.5, 0.6) is 0 Å². The van der Waals surface area contributed by atoms with Gasteiger partial charge in [-0.15, -0.1) is 0 Å². The Balaban J connectivity index is 1.88. The zero-order valence-electron chi connectivity index (χ0n) is 10.6. The van der Waals surface area contributed by atoms with Gasteiger partial charge in [0.25, 0.3) is 0 Å². The molecule has 2 unspecified atom stereocenters. The molecule has 0 aromatic carbocycles. The summed E-state index contributed by atoms with van der Waals surface area (Å²) in [6, 6.07) is 5.96. The summed E-state index contributed by atoms with van der Waals surface area (Å²) < 4.78 is 5.98. The van der Waals surface area contributed by atoms with Crippen molar-refractivity contribution in [3.63, 3.8) is 0 Å². The van der Waals surface area contributed by atoms with E-state index in [-0.39, 0.29) is 0 Å². The summed E-state index contributed by atoms with van der Waals surface area (Å²) in [5, 5.41) is 0. The Morgan fingerprint density at radius 1 is 1.29 bits per heavy atom. The molecule has 1 aromatic rings. The van der Waals surface area contributed by atoms with E-state index in [4.69, 9.17) is 10.5 Å². The highest BCUT2D eigenvalue weighted by Crippen LogP contribution is 2.26. The van der Waals surface area contributed by atoms with Crippen molar-refractivity contribution in [1.82, 2.24) is 4.98 Å². The van der Waals surface area contributed by atoms with Crippen LogP contribution in [0.2, 0.25) is 0 Å². The number of pyridine rings is 1. The van der Waals surface area contributed by atoms with Crippen LogP contribution in [0.15, 0.2) is 18.2 Å². The third-order valence-corrected chi connectivity index (χ3v) is 3.55. The molecule has 1 aliphatic rings. The lowest BCUT2D eigenvalue weighted by Crippen LogP contribution is -2.25. The minimum Gasteiger partial charge on any atom is -0.372 e. The van der Waals surface area contributed by atoms with Crippen molar-refractivity contribution in [3.8, 4) is 0 Å². The van der Waals surface area contributed by atoms with Gasteiger partial charge >= 0.3 is 0 Å². The van der Waals surface area contributed by atoms with Crippen LogP contribution in [0.3, 0.4) is 0 Å². The standard InChI is InChI=1S/C14H22N2O/c1-11-5-2-3-8-14(11)17-10-13-7-4-6-12(9-15)16-13/h4,6-7,11,14H,2-3,5,8-10,15H2,1H3. The topological polar surface area (TPSA) is 48.1 Å². The van der Waals surface area contributed by atoms with Crippen molar-refractivity contribution in [2.75, 3.05) is 0 Å². The molecule has 17 heavy (non-hydrogen) atoms. The van der Waals surface area contributed by atoms with E-state index < -0.39 is 0 Å². The van der Waals surface area contributed by atoms with Crippen LogP contribution in [0.1, 0.15) is 44.0 Å². The number of rotatable bonds is 4. The fourth-order valence-corrected chi connectivity index (χ4v) is 2.45. The van der Waals surface area contributed by atoms with E-state index in [9.17, 15) is 0 Å². The molecule has 3 nitrogen and oxygen atoms in total. The molecule has 94 valence electrons. The summed E-state index contributed by atoms with van der Waals surface area (Å²) in [4.78, 5) is 4.45. The molecule has 1 aliphatic carbocycles. The second-order valence-corrected chi connectivity index (χ2v) is 4.94. The first-order valence-corrected chi connectivity index (χ1v) is 6.56. The van der Waals surface area contributed by atoms with Gasteiger partial charge in [-0.25, -0.2) is 0 Å². The Morgan fingerprint density at radius 3 is 2.82 bits per heavy atom. The van der Waals surface area contributed by atoms with Crippen molar-refractivity contribution in [1.29, 1.82) is 0 Å². The molecule has 2 atom stereocenters. The Labute approximate surface area is 103 Å². The van der Waals surface area contributed by atoms with Crippen LogP contribution in [-0.2, 0) is 17.9 Å². The second-order valence-electron chi connectivity index (χ2n) is 4.94. The van der Waals surface area contributed by atoms with E-state index >= 15 is 0 Å². The molecule has 2 N–H and O–H groups in total. The third-order valence-electron chi connectivity index (χ3n) is 3.55. The van der Waals surface area contributed by atoms with Gasteiger partial charge in [0.2, 0.25) is 0 Å². The summed E-state index contributed by atoms with van der Waals surface area (Å²) in [5.41, 5.74) is 7.50. The van der Waals surface area contributed by atoms with Gasteiger partial charge in [-0.3, -0.25) is 4.98 Å². The van der Waals surface area contributed by atoms with Crippen molar-refractivity contribution in [3.05, 3.63) is 29.6 Å². The van der Waals surface area contributed by atoms with Crippen LogP contribution in [0, 0.1) is 5.92 Å². The SMILES string of the molecule is CC1CCCCC1OCc1cccc(CN)n1. The molecule has 2 rings (SSSR count). The first-order valence-electron chi connectivity index (χ1n) is 6.56. The van der Waals surface area contributed by atoms with Crippen LogP contribution < -0.4 is 5.73 Å². The van der Waals surface area contributed by atoms with Gasteiger partial charge in [0.1, 0.15) is 0 Å². The van der Waals surface area contributed by atoms with E-state index in [1.807, 2.05) is 18.2 Å². The Kier molecular flexibility index (Phi) is 4.51. The smallest absolute Gasteiger partial charge is 0.0891 e. The Bertz CT molecular complexity index is 354. The largest absolute Gasteiger partial charge is 0.372 e. The quantitative estimate of drug-likeness (QED) is 0.871. The van der Waals surface area contributed by atoms with E-state index in [1.165, 1.54) is 25.7 Å². The Morgan fingerprint density at radius 2 is 2.06 bits per heavy atom. The molecule has 1 fully saturated rings.